The molecule has 4 aromatic carbocycles. The monoisotopic (exact) mass is 643 g/mol. The van der Waals surface area contributed by atoms with Gasteiger partial charge in [-0.05, 0) is 74.3 Å². The number of hydrogen-bond acceptors (Lipinski definition) is 6. The average molecular weight is 644 g/mol. The first-order valence-corrected chi connectivity index (χ1v) is 16.5. The number of carbonyl (C=O) groups excluding carboxylic acids is 1. The van der Waals surface area contributed by atoms with E-state index in [0.717, 1.165) is 11.1 Å². The molecule has 0 saturated carbocycles. The lowest BCUT2D eigenvalue weighted by Crippen LogP contribution is -2.35. The van der Waals surface area contributed by atoms with Gasteiger partial charge in [0.25, 0.3) is 5.91 Å². The fraction of sp³-hybridized carbons (Fsp3) is 0.176. The number of benzene rings is 4. The number of H-pyrrole nitrogens is 1. The largest absolute Gasteiger partial charge is 0.494 e. The first-order valence-electron chi connectivity index (χ1n) is 14.2. The lowest BCUT2D eigenvalue weighted by molar-refractivity contribution is 0.0951. The minimum absolute atomic E-state index is 0.0901. The van der Waals surface area contributed by atoms with Crippen LogP contribution in [0.25, 0.3) is 10.9 Å². The Morgan fingerprint density at radius 2 is 1.64 bits per heavy atom. The summed E-state index contributed by atoms with van der Waals surface area (Å²) in [6, 6.07) is 28.8. The number of sulfonamides is 1. The van der Waals surface area contributed by atoms with Gasteiger partial charge >= 0.3 is 0 Å². The summed E-state index contributed by atoms with van der Waals surface area (Å²) in [5.74, 6) is -0.366. The molecule has 0 radical (unpaired) electrons. The van der Waals surface area contributed by atoms with Crippen molar-refractivity contribution in [1.82, 2.24) is 15.2 Å². The second-order valence-electron chi connectivity index (χ2n) is 10.9. The molecule has 3 N–H and O–H groups in total. The van der Waals surface area contributed by atoms with Crippen LogP contribution in [0.15, 0.2) is 102 Å². The van der Waals surface area contributed by atoms with Gasteiger partial charge in [0.2, 0.25) is 10.0 Å². The van der Waals surface area contributed by atoms with Gasteiger partial charge in [0.05, 0.1) is 28.9 Å². The molecule has 0 spiro atoms. The normalized spacial score (nSPS) is 12.1. The SMILES string of the molecule is CN(C)CCN(c1ccc(N=C(c2ccccc2)c2c(O)[nH]c3ccc(C(=O)NCc4cccc(Cl)c4)cc23)cc1)S(C)(=O)=O. The number of rotatable bonds is 11. The van der Waals surface area contributed by atoms with Crippen LogP contribution in [0.4, 0.5) is 11.4 Å². The lowest BCUT2D eigenvalue weighted by Gasteiger charge is -2.24. The summed E-state index contributed by atoms with van der Waals surface area (Å²) in [6.45, 7) is 1.18. The molecule has 5 aromatic rings. The molecular formula is C34H34ClN5O4S. The minimum Gasteiger partial charge on any atom is -0.494 e. The van der Waals surface area contributed by atoms with E-state index in [1.807, 2.05) is 61.5 Å². The van der Waals surface area contributed by atoms with Crippen LogP contribution in [-0.4, -0.2) is 68.5 Å². The van der Waals surface area contributed by atoms with Crippen molar-refractivity contribution in [2.75, 3.05) is 37.7 Å². The van der Waals surface area contributed by atoms with Crippen LogP contribution < -0.4 is 9.62 Å². The highest BCUT2D eigenvalue weighted by Crippen LogP contribution is 2.33. The van der Waals surface area contributed by atoms with Crippen LogP contribution >= 0.6 is 11.6 Å². The van der Waals surface area contributed by atoms with Crippen molar-refractivity contribution in [3.05, 3.63) is 124 Å². The van der Waals surface area contributed by atoms with Crippen molar-refractivity contribution < 1.29 is 18.3 Å². The fourth-order valence-corrected chi connectivity index (χ4v) is 6.08. The first kappa shape index (κ1) is 31.8. The van der Waals surface area contributed by atoms with Crippen molar-refractivity contribution in [3.63, 3.8) is 0 Å². The van der Waals surface area contributed by atoms with Gasteiger partial charge in [0.1, 0.15) is 0 Å². The van der Waals surface area contributed by atoms with Crippen molar-refractivity contribution in [1.29, 1.82) is 0 Å². The molecule has 0 aliphatic rings. The van der Waals surface area contributed by atoms with Gasteiger partial charge in [-0.15, -0.1) is 0 Å². The van der Waals surface area contributed by atoms with Gasteiger partial charge in [-0.1, -0.05) is 54.1 Å². The highest BCUT2D eigenvalue weighted by molar-refractivity contribution is 7.92. The summed E-state index contributed by atoms with van der Waals surface area (Å²) in [4.78, 5) is 23.0. The van der Waals surface area contributed by atoms with Crippen LogP contribution in [0, 0.1) is 0 Å². The van der Waals surface area contributed by atoms with E-state index < -0.39 is 10.0 Å². The highest BCUT2D eigenvalue weighted by atomic mass is 35.5. The summed E-state index contributed by atoms with van der Waals surface area (Å²) >= 11 is 6.08. The second-order valence-corrected chi connectivity index (χ2v) is 13.2. The number of likely N-dealkylation sites (N-methyl/N-ethyl adjacent to an activating group) is 1. The Labute approximate surface area is 267 Å². The Kier molecular flexibility index (Phi) is 9.57. The Morgan fingerprint density at radius 1 is 0.911 bits per heavy atom. The number of aromatic amines is 1. The zero-order chi connectivity index (χ0) is 32.1. The molecule has 5 rings (SSSR count). The number of halogens is 1. The van der Waals surface area contributed by atoms with Crippen molar-refractivity contribution in [2.24, 2.45) is 4.99 Å². The number of carbonyl (C=O) groups is 1. The number of nitrogens with one attached hydrogen (secondary N) is 2. The molecule has 1 aromatic heterocycles. The molecule has 1 heterocycles. The third-order valence-electron chi connectivity index (χ3n) is 7.20. The summed E-state index contributed by atoms with van der Waals surface area (Å²) in [6.07, 6.45) is 1.19. The standard InChI is InChI=1S/C34H34ClN5O4S/c1-39(2)18-19-40(45(3,43)44)28-15-13-27(14-16-28)37-32(24-9-5-4-6-10-24)31-29-21-25(12-17-30(29)38-34(31)42)33(41)36-22-23-8-7-11-26(35)20-23/h4-17,20-21,38,42H,18-19,22H2,1-3H3,(H,36,41). The Morgan fingerprint density at radius 3 is 2.31 bits per heavy atom. The minimum atomic E-state index is -3.50. The number of fused-ring (bicyclic) bond motifs is 1. The molecule has 1 amide bonds. The molecule has 0 saturated heterocycles. The number of aliphatic imine (C=N–C) groups is 1. The quantitative estimate of drug-likeness (QED) is 0.154. The molecule has 0 unspecified atom stereocenters. The maximum Gasteiger partial charge on any atom is 0.251 e. The summed E-state index contributed by atoms with van der Waals surface area (Å²) < 4.78 is 26.4. The van der Waals surface area contributed by atoms with Crippen molar-refractivity contribution in [2.45, 2.75) is 6.54 Å². The van der Waals surface area contributed by atoms with Crippen LogP contribution in [0.5, 0.6) is 5.88 Å². The van der Waals surface area contributed by atoms with Crippen LogP contribution in [0.3, 0.4) is 0 Å². The molecule has 11 heteroatoms. The van der Waals surface area contributed by atoms with E-state index in [1.165, 1.54) is 10.6 Å². The van der Waals surface area contributed by atoms with Crippen LogP contribution in [0.1, 0.15) is 27.0 Å². The topological polar surface area (TPSA) is 118 Å². The first-order chi connectivity index (χ1) is 21.5. The average Bonchev–Trinajstić information content (AvgIpc) is 3.33. The number of hydrogen-bond donors (Lipinski definition) is 3. The Balaban J connectivity index is 1.52. The molecule has 0 atom stereocenters. The molecule has 9 nitrogen and oxygen atoms in total. The summed E-state index contributed by atoms with van der Waals surface area (Å²) in [5.41, 5.74) is 4.68. The van der Waals surface area contributed by atoms with Gasteiger partial charge in [-0.2, -0.15) is 0 Å². The van der Waals surface area contributed by atoms with E-state index in [2.05, 4.69) is 10.3 Å². The van der Waals surface area contributed by atoms with E-state index in [9.17, 15) is 18.3 Å². The number of aromatic nitrogens is 1. The number of amides is 1. The van der Waals surface area contributed by atoms with Gasteiger partial charge in [-0.3, -0.25) is 9.10 Å². The predicted octanol–water partition coefficient (Wildman–Crippen LogP) is 5.95. The van der Waals surface area contributed by atoms with E-state index in [0.29, 0.717) is 63.8 Å². The molecule has 232 valence electrons. The van der Waals surface area contributed by atoms with E-state index >= 15 is 0 Å². The fourth-order valence-electron chi connectivity index (χ4n) is 4.95. The molecule has 0 aliphatic carbocycles. The number of anilines is 1. The molecule has 0 fully saturated rings. The Hall–Kier alpha value is -4.64. The zero-order valence-corrected chi connectivity index (χ0v) is 26.7. The van der Waals surface area contributed by atoms with Gasteiger partial charge < -0.3 is 20.3 Å². The number of aromatic hydroxyl groups is 1. The molecule has 45 heavy (non-hydrogen) atoms. The zero-order valence-electron chi connectivity index (χ0n) is 25.2. The molecule has 0 aliphatic heterocycles. The third kappa shape index (κ3) is 7.72. The second kappa shape index (κ2) is 13.6. The smallest absolute Gasteiger partial charge is 0.251 e. The maximum atomic E-state index is 13.1. The molecule has 0 bridgehead atoms. The highest BCUT2D eigenvalue weighted by Gasteiger charge is 2.21. The van der Waals surface area contributed by atoms with Crippen LogP contribution in [-0.2, 0) is 16.6 Å². The van der Waals surface area contributed by atoms with Gasteiger partial charge in [-0.25, -0.2) is 13.4 Å². The predicted molar refractivity (Wildman–Crippen MR) is 182 cm³/mol. The van der Waals surface area contributed by atoms with Crippen LogP contribution in [0.2, 0.25) is 5.02 Å². The van der Waals surface area contributed by atoms with Gasteiger partial charge in [0, 0.05) is 46.7 Å². The van der Waals surface area contributed by atoms with Crippen molar-refractivity contribution in [3.8, 4) is 5.88 Å². The molecular weight excluding hydrogens is 610 g/mol. The summed E-state index contributed by atoms with van der Waals surface area (Å²) in [5, 5.41) is 15.3. The summed E-state index contributed by atoms with van der Waals surface area (Å²) in [7, 11) is 0.282. The van der Waals surface area contributed by atoms with Gasteiger partial charge in [0.15, 0.2) is 5.88 Å². The third-order valence-corrected chi connectivity index (χ3v) is 8.63. The van der Waals surface area contributed by atoms with Crippen molar-refractivity contribution >= 4 is 55.5 Å². The number of nitrogens with zero attached hydrogens (tertiary/aromatic N) is 3. The van der Waals surface area contributed by atoms with E-state index in [-0.39, 0.29) is 11.8 Å². The van der Waals surface area contributed by atoms with E-state index in [1.54, 1.807) is 54.6 Å². The maximum absolute atomic E-state index is 13.1. The van der Waals surface area contributed by atoms with E-state index in [4.69, 9.17) is 16.6 Å². The Bertz CT molecular complexity index is 1960. The lowest BCUT2D eigenvalue weighted by atomic mass is 9.99.